The van der Waals surface area contributed by atoms with Crippen LogP contribution in [0.3, 0.4) is 0 Å². The molecular formula is C30H42O5Si. The van der Waals surface area contributed by atoms with Gasteiger partial charge < -0.3 is 23.7 Å². The molecule has 5 rings (SSSR count). The van der Waals surface area contributed by atoms with Gasteiger partial charge in [-0.2, -0.15) is 0 Å². The Morgan fingerprint density at radius 2 is 1.14 bits per heavy atom. The van der Waals surface area contributed by atoms with Crippen LogP contribution in [0, 0.1) is 0 Å². The van der Waals surface area contributed by atoms with Gasteiger partial charge in [-0.25, -0.2) is 0 Å². The molecule has 3 aliphatic rings. The van der Waals surface area contributed by atoms with Crippen LogP contribution >= 0.6 is 0 Å². The van der Waals surface area contributed by atoms with Crippen LogP contribution < -0.4 is 10.4 Å². The first kappa shape index (κ1) is 26.1. The first-order valence-electron chi connectivity index (χ1n) is 13.7. The van der Waals surface area contributed by atoms with E-state index in [2.05, 4.69) is 81.4 Å². The average molecular weight is 511 g/mol. The molecule has 196 valence electrons. The Balaban J connectivity index is 1.25. The van der Waals surface area contributed by atoms with Crippen molar-refractivity contribution in [3.05, 3.63) is 60.7 Å². The Kier molecular flexibility index (Phi) is 8.01. The van der Waals surface area contributed by atoms with Gasteiger partial charge in [0.05, 0.1) is 49.8 Å². The van der Waals surface area contributed by atoms with Crippen molar-refractivity contribution >= 4 is 18.7 Å². The first-order chi connectivity index (χ1) is 17.4. The van der Waals surface area contributed by atoms with Gasteiger partial charge in [0.1, 0.15) is 0 Å². The minimum atomic E-state index is -2.56. The molecule has 3 heterocycles. The van der Waals surface area contributed by atoms with Crippen molar-refractivity contribution in [1.82, 2.24) is 0 Å². The van der Waals surface area contributed by atoms with Gasteiger partial charge in [-0.05, 0) is 53.9 Å². The quantitative estimate of drug-likeness (QED) is 0.540. The summed E-state index contributed by atoms with van der Waals surface area (Å²) >= 11 is 0. The van der Waals surface area contributed by atoms with Gasteiger partial charge in [-0.3, -0.25) is 0 Å². The summed E-state index contributed by atoms with van der Waals surface area (Å²) in [6, 6.07) is 21.6. The molecule has 6 atom stereocenters. The predicted molar refractivity (Wildman–Crippen MR) is 144 cm³/mol. The fourth-order valence-electron chi connectivity index (χ4n) is 6.49. The van der Waals surface area contributed by atoms with E-state index in [1.807, 2.05) is 0 Å². The lowest BCUT2D eigenvalue weighted by Crippen LogP contribution is -2.67. The van der Waals surface area contributed by atoms with E-state index in [0.717, 1.165) is 38.5 Å². The van der Waals surface area contributed by atoms with Gasteiger partial charge in [0, 0.05) is 0 Å². The average Bonchev–Trinajstić information content (AvgIpc) is 3.65. The van der Waals surface area contributed by atoms with Crippen molar-refractivity contribution in [2.75, 3.05) is 13.2 Å². The van der Waals surface area contributed by atoms with Crippen molar-refractivity contribution in [2.24, 2.45) is 0 Å². The van der Waals surface area contributed by atoms with E-state index in [1.54, 1.807) is 0 Å². The largest absolute Gasteiger partial charge is 0.405 e. The first-order valence-corrected chi connectivity index (χ1v) is 15.6. The molecule has 3 saturated heterocycles. The van der Waals surface area contributed by atoms with Gasteiger partial charge in [0.2, 0.25) is 0 Å². The molecular weight excluding hydrogens is 468 g/mol. The lowest BCUT2D eigenvalue weighted by molar-refractivity contribution is -0.110. The number of benzene rings is 2. The van der Waals surface area contributed by atoms with Crippen molar-refractivity contribution in [3.63, 3.8) is 0 Å². The smallest absolute Gasteiger partial charge is 0.261 e. The molecule has 3 fully saturated rings. The van der Waals surface area contributed by atoms with Gasteiger partial charge in [-0.15, -0.1) is 0 Å². The summed E-state index contributed by atoms with van der Waals surface area (Å²) in [6.07, 6.45) is 6.49. The molecule has 3 aliphatic heterocycles. The van der Waals surface area contributed by atoms with E-state index in [9.17, 15) is 5.11 Å². The standard InChI is InChI=1S/C30H42O5Si/c1-30(2,3)36(24-10-6-4-7-11-24,25-12-8-5-9-13-25)32-21-23-15-17-27(34-23)29-19-18-28(35-29)26-16-14-22(20-31)33-26/h4-13,22-23,26-29,31H,14-21H2,1-3H3/t22-,23-,26-,27-,28-,29-/m1/s1. The molecule has 0 saturated carbocycles. The van der Waals surface area contributed by atoms with Crippen LogP contribution in [0.4, 0.5) is 0 Å². The second-order valence-corrected chi connectivity index (χ2v) is 16.0. The van der Waals surface area contributed by atoms with Crippen LogP contribution in [0.5, 0.6) is 0 Å². The van der Waals surface area contributed by atoms with Gasteiger partial charge in [0.25, 0.3) is 8.32 Å². The summed E-state index contributed by atoms with van der Waals surface area (Å²) in [5.74, 6) is 0. The lowest BCUT2D eigenvalue weighted by atomic mass is 10.0. The molecule has 0 amide bonds. The number of aliphatic hydroxyl groups excluding tert-OH is 1. The van der Waals surface area contributed by atoms with Crippen molar-refractivity contribution in [2.45, 2.75) is 101 Å². The normalized spacial score (nSPS) is 31.2. The van der Waals surface area contributed by atoms with Crippen molar-refractivity contribution < 1.29 is 23.7 Å². The molecule has 5 nitrogen and oxygen atoms in total. The van der Waals surface area contributed by atoms with E-state index < -0.39 is 8.32 Å². The zero-order valence-corrected chi connectivity index (χ0v) is 23.0. The highest BCUT2D eigenvalue weighted by Gasteiger charge is 2.51. The van der Waals surface area contributed by atoms with Crippen LogP contribution in [0.2, 0.25) is 5.04 Å². The number of rotatable bonds is 8. The fourth-order valence-corrected chi connectivity index (χ4v) is 11.1. The van der Waals surface area contributed by atoms with Crippen molar-refractivity contribution in [3.8, 4) is 0 Å². The topological polar surface area (TPSA) is 57.2 Å². The zero-order valence-electron chi connectivity index (χ0n) is 22.0. The molecule has 2 aromatic rings. The van der Waals surface area contributed by atoms with Gasteiger partial charge in [-0.1, -0.05) is 81.4 Å². The number of hydrogen-bond acceptors (Lipinski definition) is 5. The Morgan fingerprint density at radius 3 is 1.61 bits per heavy atom. The molecule has 1 N–H and O–H groups in total. The van der Waals surface area contributed by atoms with E-state index in [-0.39, 0.29) is 48.3 Å². The molecule has 0 aliphatic carbocycles. The summed E-state index contributed by atoms with van der Waals surface area (Å²) in [5, 5.41) is 12.0. The highest BCUT2D eigenvalue weighted by atomic mass is 28.4. The monoisotopic (exact) mass is 510 g/mol. The minimum Gasteiger partial charge on any atom is -0.405 e. The molecule has 6 heteroatoms. The van der Waals surface area contributed by atoms with Crippen LogP contribution in [-0.4, -0.2) is 63.3 Å². The molecule has 0 radical (unpaired) electrons. The number of aliphatic hydroxyl groups is 1. The van der Waals surface area contributed by atoms with Crippen LogP contribution in [-0.2, 0) is 18.6 Å². The minimum absolute atomic E-state index is 0.0246. The maximum atomic E-state index is 9.39. The van der Waals surface area contributed by atoms with Crippen molar-refractivity contribution in [1.29, 1.82) is 0 Å². The zero-order chi connectivity index (χ0) is 25.2. The molecule has 0 bridgehead atoms. The van der Waals surface area contributed by atoms with E-state index >= 15 is 0 Å². The highest BCUT2D eigenvalue weighted by Crippen LogP contribution is 2.39. The molecule has 0 aromatic heterocycles. The van der Waals surface area contributed by atoms with Gasteiger partial charge in [0.15, 0.2) is 0 Å². The SMILES string of the molecule is CC(C)(C)[Si](OC[C@H]1CC[C@H]([C@H]2CC[C@H]([C@H]3CC[C@H](CO)O3)O2)O1)(c1ccccc1)c1ccccc1. The fraction of sp³-hybridized carbons (Fsp3) is 0.600. The maximum Gasteiger partial charge on any atom is 0.261 e. The summed E-state index contributed by atoms with van der Waals surface area (Å²) < 4.78 is 26.1. The predicted octanol–water partition coefficient (Wildman–Crippen LogP) is 4.20. The summed E-state index contributed by atoms with van der Waals surface area (Å²) in [4.78, 5) is 0. The van der Waals surface area contributed by atoms with Crippen LogP contribution in [0.25, 0.3) is 0 Å². The maximum absolute atomic E-state index is 9.39. The lowest BCUT2D eigenvalue weighted by Gasteiger charge is -2.43. The second kappa shape index (κ2) is 11.1. The Morgan fingerprint density at radius 1 is 0.694 bits per heavy atom. The third kappa shape index (κ3) is 5.22. The Hall–Kier alpha value is -1.54. The number of hydrogen-bond donors (Lipinski definition) is 1. The summed E-state index contributed by atoms with van der Waals surface area (Å²) in [7, 11) is -2.56. The third-order valence-corrected chi connectivity index (χ3v) is 13.3. The highest BCUT2D eigenvalue weighted by molar-refractivity contribution is 6.99. The van der Waals surface area contributed by atoms with Crippen LogP contribution in [0.15, 0.2) is 60.7 Å². The summed E-state index contributed by atoms with van der Waals surface area (Å²) in [6.45, 7) is 7.65. The summed E-state index contributed by atoms with van der Waals surface area (Å²) in [5.41, 5.74) is 0. The molecule has 2 aromatic carbocycles. The van der Waals surface area contributed by atoms with Crippen LogP contribution in [0.1, 0.15) is 59.3 Å². The second-order valence-electron chi connectivity index (χ2n) is 11.7. The van der Waals surface area contributed by atoms with E-state index in [0.29, 0.717) is 6.61 Å². The number of ether oxygens (including phenoxy) is 3. The van der Waals surface area contributed by atoms with E-state index in [4.69, 9.17) is 18.6 Å². The third-order valence-electron chi connectivity index (χ3n) is 8.30. The Labute approximate surface area is 217 Å². The molecule has 36 heavy (non-hydrogen) atoms. The molecule has 0 spiro atoms. The van der Waals surface area contributed by atoms with E-state index in [1.165, 1.54) is 10.4 Å². The molecule has 0 unspecified atom stereocenters. The Bertz CT molecular complexity index is 923. The van der Waals surface area contributed by atoms with Gasteiger partial charge >= 0.3 is 0 Å².